The summed E-state index contributed by atoms with van der Waals surface area (Å²) in [6.45, 7) is 4.23. The van der Waals surface area contributed by atoms with Gasteiger partial charge >= 0.3 is 0 Å². The molecule has 5 aliphatic rings. The summed E-state index contributed by atoms with van der Waals surface area (Å²) in [5, 5.41) is 24.1. The van der Waals surface area contributed by atoms with E-state index in [9.17, 15) is 10.2 Å². The normalized spacial score (nSPS) is 29.5. The van der Waals surface area contributed by atoms with Crippen molar-refractivity contribution in [2.75, 3.05) is 26.2 Å². The maximum Gasteiger partial charge on any atom is 0.165 e. The predicted molar refractivity (Wildman–Crippen MR) is 184 cm³/mol. The maximum atomic E-state index is 13.0. The third-order valence-electron chi connectivity index (χ3n) is 12.5. The molecule has 2 N–H and O–H groups in total. The van der Waals surface area contributed by atoms with Gasteiger partial charge in [0.25, 0.3) is 0 Å². The number of unbranched alkanes of at least 4 members (excludes halogenated alkanes) is 3. The van der Waals surface area contributed by atoms with Gasteiger partial charge in [0.2, 0.25) is 0 Å². The highest BCUT2D eigenvalue weighted by Crippen LogP contribution is 2.66. The molecule has 1 saturated heterocycles. The van der Waals surface area contributed by atoms with Crippen LogP contribution < -0.4 is 4.74 Å². The topological polar surface area (TPSA) is 56.2 Å². The van der Waals surface area contributed by atoms with Gasteiger partial charge in [-0.2, -0.15) is 0 Å². The third kappa shape index (κ3) is 5.37. The molecule has 5 heteroatoms. The summed E-state index contributed by atoms with van der Waals surface area (Å²) in [5.41, 5.74) is 4.01. The van der Waals surface area contributed by atoms with Gasteiger partial charge in [0.15, 0.2) is 11.5 Å². The van der Waals surface area contributed by atoms with Gasteiger partial charge in [0.05, 0.1) is 11.0 Å². The summed E-state index contributed by atoms with van der Waals surface area (Å²) in [7, 11) is 0. The molecule has 2 bridgehead atoms. The lowest BCUT2D eigenvalue weighted by atomic mass is 9.48. The number of aryl methyl sites for hydroxylation is 2. The lowest BCUT2D eigenvalue weighted by molar-refractivity contribution is -0.200. The molecule has 5 nitrogen and oxygen atoms in total. The molecule has 3 fully saturated rings. The van der Waals surface area contributed by atoms with Crippen LogP contribution in [0.1, 0.15) is 86.5 Å². The quantitative estimate of drug-likeness (QED) is 0.189. The number of hydrogen-bond acceptors (Lipinski definition) is 5. The van der Waals surface area contributed by atoms with Crippen LogP contribution in [0.15, 0.2) is 72.8 Å². The van der Waals surface area contributed by atoms with Crippen molar-refractivity contribution in [3.05, 3.63) is 95.1 Å². The van der Waals surface area contributed by atoms with Crippen molar-refractivity contribution in [3.8, 4) is 11.5 Å². The molecule has 8 rings (SSSR count). The van der Waals surface area contributed by atoms with Crippen molar-refractivity contribution >= 4 is 0 Å². The highest BCUT2D eigenvalue weighted by molar-refractivity contribution is 5.62. The average Bonchev–Trinajstić information content (AvgIpc) is 3.82. The van der Waals surface area contributed by atoms with Crippen LogP contribution in [0.25, 0.3) is 0 Å². The Morgan fingerprint density at radius 1 is 0.783 bits per heavy atom. The SMILES string of the molecule is Oc1ccc2c3c1O[C@H]1[C@@H](N(CCCCCCc4ccccc4)CCCc4ccccc4)CC[C@@]4(O)[C@@H](C2)N(CC2CC2)CC[C@]314. The van der Waals surface area contributed by atoms with E-state index < -0.39 is 11.0 Å². The number of rotatable bonds is 14. The molecule has 3 aromatic carbocycles. The van der Waals surface area contributed by atoms with Crippen molar-refractivity contribution in [2.24, 2.45) is 5.92 Å². The van der Waals surface area contributed by atoms with Gasteiger partial charge < -0.3 is 14.9 Å². The first-order valence-electron chi connectivity index (χ1n) is 18.4. The summed E-state index contributed by atoms with van der Waals surface area (Å²) < 4.78 is 6.99. The molecule has 3 aromatic rings. The number of nitrogens with zero attached hydrogens (tertiary/aromatic N) is 2. The van der Waals surface area contributed by atoms with Crippen LogP contribution in [0.3, 0.4) is 0 Å². The third-order valence-corrected chi connectivity index (χ3v) is 12.5. The molecule has 0 amide bonds. The van der Waals surface area contributed by atoms with Crippen LogP contribution in [0, 0.1) is 5.92 Å². The Kier molecular flexibility index (Phi) is 8.37. The van der Waals surface area contributed by atoms with Crippen LogP contribution in [-0.2, 0) is 24.7 Å². The van der Waals surface area contributed by atoms with Crippen LogP contribution in [0.2, 0.25) is 0 Å². The monoisotopic (exact) mass is 620 g/mol. The second-order valence-electron chi connectivity index (χ2n) is 15.2. The van der Waals surface area contributed by atoms with E-state index in [4.69, 9.17) is 4.74 Å². The van der Waals surface area contributed by atoms with Crippen molar-refractivity contribution in [2.45, 2.75) is 113 Å². The van der Waals surface area contributed by atoms with E-state index in [0.717, 1.165) is 82.6 Å². The molecular weight excluding hydrogens is 568 g/mol. The second kappa shape index (κ2) is 12.6. The molecule has 2 aliphatic heterocycles. The van der Waals surface area contributed by atoms with Crippen LogP contribution in [0.5, 0.6) is 11.5 Å². The number of aliphatic hydroxyl groups is 1. The number of aromatic hydroxyl groups is 1. The second-order valence-corrected chi connectivity index (χ2v) is 15.2. The Labute approximate surface area is 275 Å². The van der Waals surface area contributed by atoms with Gasteiger partial charge in [-0.25, -0.2) is 0 Å². The average molecular weight is 621 g/mol. The maximum absolute atomic E-state index is 13.0. The zero-order valence-corrected chi connectivity index (χ0v) is 27.5. The molecule has 244 valence electrons. The molecule has 2 saturated carbocycles. The minimum atomic E-state index is -0.819. The minimum absolute atomic E-state index is 0.131. The number of phenols is 1. The smallest absolute Gasteiger partial charge is 0.165 e. The fourth-order valence-electron chi connectivity index (χ4n) is 10.0. The van der Waals surface area contributed by atoms with Gasteiger partial charge in [0.1, 0.15) is 6.10 Å². The fourth-order valence-corrected chi connectivity index (χ4v) is 10.0. The van der Waals surface area contributed by atoms with Gasteiger partial charge in [-0.05, 0) is 119 Å². The van der Waals surface area contributed by atoms with Gasteiger partial charge in [-0.1, -0.05) is 79.6 Å². The highest BCUT2D eigenvalue weighted by Gasteiger charge is 2.73. The van der Waals surface area contributed by atoms with Crippen LogP contribution in [-0.4, -0.2) is 70.0 Å². The lowest BCUT2D eigenvalue weighted by Crippen LogP contribution is -2.78. The number of piperidine rings is 1. The predicted octanol–water partition coefficient (Wildman–Crippen LogP) is 7.06. The molecule has 46 heavy (non-hydrogen) atoms. The van der Waals surface area contributed by atoms with E-state index in [1.54, 1.807) is 0 Å². The summed E-state index contributed by atoms with van der Waals surface area (Å²) in [4.78, 5) is 5.38. The zero-order valence-electron chi connectivity index (χ0n) is 27.5. The minimum Gasteiger partial charge on any atom is -0.504 e. The Bertz CT molecular complexity index is 1490. The number of benzene rings is 3. The summed E-state index contributed by atoms with van der Waals surface area (Å²) in [6.07, 6.45) is 14.3. The molecule has 1 spiro atoms. The number of phenolic OH excluding ortho intramolecular Hbond substituents is 1. The molecule has 0 radical (unpaired) electrons. The van der Waals surface area contributed by atoms with E-state index in [1.807, 2.05) is 6.07 Å². The van der Waals surface area contributed by atoms with Crippen LogP contribution >= 0.6 is 0 Å². The molecule has 3 aliphatic carbocycles. The van der Waals surface area contributed by atoms with Crippen molar-refractivity contribution in [1.82, 2.24) is 9.80 Å². The Morgan fingerprint density at radius 3 is 2.22 bits per heavy atom. The summed E-state index contributed by atoms with van der Waals surface area (Å²) in [5.74, 6) is 1.72. The Hall–Kier alpha value is -2.86. The number of ether oxygens (including phenoxy) is 1. The van der Waals surface area contributed by atoms with E-state index in [-0.39, 0.29) is 23.9 Å². The first-order valence-corrected chi connectivity index (χ1v) is 18.4. The van der Waals surface area contributed by atoms with E-state index >= 15 is 0 Å². The van der Waals surface area contributed by atoms with E-state index in [2.05, 4.69) is 76.5 Å². The van der Waals surface area contributed by atoms with Crippen molar-refractivity contribution in [1.29, 1.82) is 0 Å². The highest BCUT2D eigenvalue weighted by atomic mass is 16.5. The van der Waals surface area contributed by atoms with Gasteiger partial charge in [-0.3, -0.25) is 9.80 Å². The summed E-state index contributed by atoms with van der Waals surface area (Å²) in [6, 6.07) is 26.1. The lowest BCUT2D eigenvalue weighted by Gasteiger charge is -2.65. The first-order chi connectivity index (χ1) is 22.6. The first kappa shape index (κ1) is 30.5. The number of hydrogen-bond donors (Lipinski definition) is 2. The molecule has 0 unspecified atom stereocenters. The van der Waals surface area contributed by atoms with Gasteiger partial charge in [0, 0.05) is 24.2 Å². The molecule has 2 heterocycles. The van der Waals surface area contributed by atoms with Crippen LogP contribution in [0.4, 0.5) is 0 Å². The summed E-state index contributed by atoms with van der Waals surface area (Å²) >= 11 is 0. The Morgan fingerprint density at radius 2 is 1.48 bits per heavy atom. The standard InChI is InChI=1S/C41H52N2O3/c44-35-21-20-33-28-36-41(45)23-22-34(39-40(41,37(33)38(35)46-39)24-27-43(36)29-32-18-19-32)42(26-11-17-31-15-8-4-9-16-31)25-10-2-1-5-12-30-13-6-3-7-14-30/h3-4,6-9,13-16,20-21,32,34,36,39,44-45H,1-2,5,10-12,17-19,22-29H2/t34-,36+,39-,40-,41+/m0/s1. The fraction of sp³-hybridized carbons (Fsp3) is 0.561. The van der Waals surface area contributed by atoms with Crippen molar-refractivity contribution in [3.63, 3.8) is 0 Å². The molecular formula is C41H52N2O3. The number of likely N-dealkylation sites (tertiary alicyclic amines) is 1. The molecule has 5 atom stereocenters. The Balaban J connectivity index is 1.03. The van der Waals surface area contributed by atoms with Gasteiger partial charge in [-0.15, -0.1) is 0 Å². The van der Waals surface area contributed by atoms with E-state index in [0.29, 0.717) is 5.75 Å². The van der Waals surface area contributed by atoms with E-state index in [1.165, 1.54) is 55.2 Å². The van der Waals surface area contributed by atoms with Crippen molar-refractivity contribution < 1.29 is 14.9 Å². The molecule has 0 aromatic heterocycles. The largest absolute Gasteiger partial charge is 0.504 e. The zero-order chi connectivity index (χ0) is 31.1.